The summed E-state index contributed by atoms with van der Waals surface area (Å²) < 4.78 is 10.5. The Labute approximate surface area is 132 Å². The third kappa shape index (κ3) is 3.99. The van der Waals surface area contributed by atoms with Crippen molar-refractivity contribution >= 4 is 29.5 Å². The SMILES string of the molecule is COc1cc(C=O)ccc1OCC(=O)Nc1ccccc1Cl. The second kappa shape index (κ2) is 7.47. The van der Waals surface area contributed by atoms with Crippen molar-refractivity contribution in [3.05, 3.63) is 53.1 Å². The number of carbonyl (C=O) groups is 2. The van der Waals surface area contributed by atoms with Crippen molar-refractivity contribution in [1.82, 2.24) is 0 Å². The van der Waals surface area contributed by atoms with Gasteiger partial charge in [0.25, 0.3) is 5.91 Å². The van der Waals surface area contributed by atoms with Crippen molar-refractivity contribution in [3.8, 4) is 11.5 Å². The summed E-state index contributed by atoms with van der Waals surface area (Å²) in [6.07, 6.45) is 0.705. The summed E-state index contributed by atoms with van der Waals surface area (Å²) in [5.41, 5.74) is 0.978. The van der Waals surface area contributed by atoms with Crippen LogP contribution in [0.15, 0.2) is 42.5 Å². The Morgan fingerprint density at radius 3 is 2.68 bits per heavy atom. The molecule has 0 saturated heterocycles. The number of hydrogen-bond donors (Lipinski definition) is 1. The molecule has 5 nitrogen and oxygen atoms in total. The summed E-state index contributed by atoms with van der Waals surface area (Å²) >= 11 is 5.96. The van der Waals surface area contributed by atoms with Gasteiger partial charge in [-0.05, 0) is 30.3 Å². The first-order valence-corrected chi connectivity index (χ1v) is 6.82. The molecule has 1 N–H and O–H groups in total. The number of amides is 1. The van der Waals surface area contributed by atoms with E-state index < -0.39 is 0 Å². The van der Waals surface area contributed by atoms with Gasteiger partial charge in [0, 0.05) is 5.56 Å². The fourth-order valence-corrected chi connectivity index (χ4v) is 1.95. The van der Waals surface area contributed by atoms with Crippen LogP contribution >= 0.6 is 11.6 Å². The Morgan fingerprint density at radius 2 is 2.00 bits per heavy atom. The number of hydrogen-bond acceptors (Lipinski definition) is 4. The zero-order valence-electron chi connectivity index (χ0n) is 11.8. The minimum absolute atomic E-state index is 0.206. The lowest BCUT2D eigenvalue weighted by Gasteiger charge is -2.11. The van der Waals surface area contributed by atoms with Gasteiger partial charge in [-0.1, -0.05) is 23.7 Å². The molecule has 0 fully saturated rings. The number of aldehydes is 1. The van der Waals surface area contributed by atoms with Crippen molar-refractivity contribution < 1.29 is 19.1 Å². The number of ether oxygens (including phenoxy) is 2. The van der Waals surface area contributed by atoms with Crippen LogP contribution in [0.5, 0.6) is 11.5 Å². The molecule has 0 aromatic heterocycles. The van der Waals surface area contributed by atoms with E-state index in [2.05, 4.69) is 5.32 Å². The number of methoxy groups -OCH3 is 1. The lowest BCUT2D eigenvalue weighted by atomic mass is 10.2. The third-order valence-electron chi connectivity index (χ3n) is 2.83. The van der Waals surface area contributed by atoms with Gasteiger partial charge in [0.15, 0.2) is 18.1 Å². The minimum atomic E-state index is -0.352. The monoisotopic (exact) mass is 319 g/mol. The van der Waals surface area contributed by atoms with Crippen molar-refractivity contribution in [2.75, 3.05) is 19.0 Å². The first kappa shape index (κ1) is 15.9. The Morgan fingerprint density at radius 1 is 1.23 bits per heavy atom. The van der Waals surface area contributed by atoms with Crippen LogP contribution in [0, 0.1) is 0 Å². The maximum Gasteiger partial charge on any atom is 0.262 e. The lowest BCUT2D eigenvalue weighted by Crippen LogP contribution is -2.20. The first-order valence-electron chi connectivity index (χ1n) is 6.44. The summed E-state index contributed by atoms with van der Waals surface area (Å²) in [4.78, 5) is 22.6. The van der Waals surface area contributed by atoms with Crippen molar-refractivity contribution in [2.45, 2.75) is 0 Å². The molecule has 0 spiro atoms. The van der Waals surface area contributed by atoms with Gasteiger partial charge in [-0.3, -0.25) is 9.59 Å². The second-order valence-electron chi connectivity index (χ2n) is 4.34. The lowest BCUT2D eigenvalue weighted by molar-refractivity contribution is -0.118. The summed E-state index contributed by atoms with van der Waals surface area (Å²) in [6, 6.07) is 11.6. The van der Waals surface area contributed by atoms with E-state index in [1.807, 2.05) is 0 Å². The Bertz CT molecular complexity index is 688. The van der Waals surface area contributed by atoms with E-state index in [0.717, 1.165) is 0 Å². The average molecular weight is 320 g/mol. The quantitative estimate of drug-likeness (QED) is 0.831. The van der Waals surface area contributed by atoms with Crippen LogP contribution in [0.1, 0.15) is 10.4 Å². The van der Waals surface area contributed by atoms with E-state index in [1.165, 1.54) is 13.2 Å². The van der Waals surface area contributed by atoms with E-state index in [4.69, 9.17) is 21.1 Å². The molecule has 22 heavy (non-hydrogen) atoms. The predicted molar refractivity (Wildman–Crippen MR) is 84.0 cm³/mol. The normalized spacial score (nSPS) is 9.91. The van der Waals surface area contributed by atoms with Crippen LogP contribution in [-0.4, -0.2) is 25.9 Å². The fourth-order valence-electron chi connectivity index (χ4n) is 1.77. The van der Waals surface area contributed by atoms with E-state index in [9.17, 15) is 9.59 Å². The molecule has 0 aliphatic heterocycles. The molecule has 0 heterocycles. The summed E-state index contributed by atoms with van der Waals surface area (Å²) in [7, 11) is 1.46. The van der Waals surface area contributed by atoms with Gasteiger partial charge in [-0.15, -0.1) is 0 Å². The minimum Gasteiger partial charge on any atom is -0.493 e. The van der Waals surface area contributed by atoms with Gasteiger partial charge >= 0.3 is 0 Å². The molecule has 2 rings (SSSR count). The zero-order chi connectivity index (χ0) is 15.9. The third-order valence-corrected chi connectivity index (χ3v) is 3.16. The second-order valence-corrected chi connectivity index (χ2v) is 4.75. The number of nitrogens with one attached hydrogen (secondary N) is 1. The highest BCUT2D eigenvalue weighted by Crippen LogP contribution is 2.27. The highest BCUT2D eigenvalue weighted by atomic mass is 35.5. The first-order chi connectivity index (χ1) is 10.6. The highest BCUT2D eigenvalue weighted by Gasteiger charge is 2.10. The number of anilines is 1. The number of rotatable bonds is 6. The molecule has 0 saturated carbocycles. The number of para-hydroxylation sites is 1. The van der Waals surface area contributed by atoms with E-state index in [0.29, 0.717) is 34.1 Å². The molecule has 0 atom stereocenters. The van der Waals surface area contributed by atoms with E-state index in [-0.39, 0.29) is 12.5 Å². The molecule has 2 aromatic rings. The molecule has 6 heteroatoms. The Kier molecular flexibility index (Phi) is 5.38. The number of halogens is 1. The summed E-state index contributed by atoms with van der Waals surface area (Å²) in [6.45, 7) is -0.206. The molecular formula is C16H14ClNO4. The fraction of sp³-hybridized carbons (Fsp3) is 0.125. The van der Waals surface area contributed by atoms with Crippen LogP contribution in [0.2, 0.25) is 5.02 Å². The number of carbonyl (C=O) groups excluding carboxylic acids is 2. The molecule has 0 unspecified atom stereocenters. The largest absolute Gasteiger partial charge is 0.493 e. The van der Waals surface area contributed by atoms with Crippen molar-refractivity contribution in [2.24, 2.45) is 0 Å². The predicted octanol–water partition coefficient (Wildman–Crippen LogP) is 3.18. The van der Waals surface area contributed by atoms with Crippen LogP contribution in [0.3, 0.4) is 0 Å². The maximum absolute atomic E-state index is 11.9. The van der Waals surface area contributed by atoms with Gasteiger partial charge in [-0.2, -0.15) is 0 Å². The molecule has 114 valence electrons. The highest BCUT2D eigenvalue weighted by molar-refractivity contribution is 6.33. The van der Waals surface area contributed by atoms with Gasteiger partial charge < -0.3 is 14.8 Å². The maximum atomic E-state index is 11.9. The zero-order valence-corrected chi connectivity index (χ0v) is 12.6. The Balaban J connectivity index is 1.99. The molecule has 0 radical (unpaired) electrons. The topological polar surface area (TPSA) is 64.6 Å². The molecule has 0 bridgehead atoms. The standard InChI is InChI=1S/C16H14ClNO4/c1-21-15-8-11(9-19)6-7-14(15)22-10-16(20)18-13-5-3-2-4-12(13)17/h2-9H,10H2,1H3,(H,18,20). The van der Waals surface area contributed by atoms with Gasteiger partial charge in [0.05, 0.1) is 17.8 Å². The van der Waals surface area contributed by atoms with Crippen molar-refractivity contribution in [1.29, 1.82) is 0 Å². The summed E-state index contributed by atoms with van der Waals surface area (Å²) in [5, 5.41) is 3.10. The molecule has 1 amide bonds. The van der Waals surface area contributed by atoms with Gasteiger partial charge in [0.2, 0.25) is 0 Å². The number of benzene rings is 2. The van der Waals surface area contributed by atoms with Gasteiger partial charge in [0.1, 0.15) is 6.29 Å². The average Bonchev–Trinajstić information content (AvgIpc) is 2.55. The van der Waals surface area contributed by atoms with E-state index >= 15 is 0 Å². The van der Waals surface area contributed by atoms with Gasteiger partial charge in [-0.25, -0.2) is 0 Å². The molecule has 2 aromatic carbocycles. The molecule has 0 aliphatic carbocycles. The van der Waals surface area contributed by atoms with Crippen LogP contribution in [0.25, 0.3) is 0 Å². The van der Waals surface area contributed by atoms with Crippen LogP contribution in [0.4, 0.5) is 5.69 Å². The summed E-state index contributed by atoms with van der Waals surface area (Å²) in [5.74, 6) is 0.409. The smallest absolute Gasteiger partial charge is 0.262 e. The Hall–Kier alpha value is -2.53. The van der Waals surface area contributed by atoms with Crippen LogP contribution in [-0.2, 0) is 4.79 Å². The van der Waals surface area contributed by atoms with Crippen molar-refractivity contribution in [3.63, 3.8) is 0 Å². The van der Waals surface area contributed by atoms with E-state index in [1.54, 1.807) is 36.4 Å². The van der Waals surface area contributed by atoms with Crippen LogP contribution < -0.4 is 14.8 Å². The molecule has 0 aliphatic rings. The molecular weight excluding hydrogens is 306 g/mol.